The molecule has 2 aliphatic rings. The van der Waals surface area contributed by atoms with Crippen LogP contribution in [0.3, 0.4) is 0 Å². The van der Waals surface area contributed by atoms with E-state index in [2.05, 4.69) is 4.98 Å². The number of nitrogens with two attached hydrogens (primary N) is 1. The molecule has 6 nitrogen and oxygen atoms in total. The number of allylic oxidation sites excluding steroid dienone is 6. The van der Waals surface area contributed by atoms with Crippen molar-refractivity contribution in [1.29, 1.82) is 0 Å². The van der Waals surface area contributed by atoms with E-state index in [0.717, 1.165) is 10.9 Å². The van der Waals surface area contributed by atoms with Gasteiger partial charge in [-0.2, -0.15) is 0 Å². The van der Waals surface area contributed by atoms with E-state index in [1.807, 2.05) is 12.1 Å². The van der Waals surface area contributed by atoms with Crippen molar-refractivity contribution in [1.82, 2.24) is 9.88 Å². The molecule has 3 amide bonds. The lowest BCUT2D eigenvalue weighted by Gasteiger charge is -2.15. The zero-order valence-corrected chi connectivity index (χ0v) is 17.3. The molecule has 4 rings (SSSR count). The number of carbonyl (C=O) groups is 3. The van der Waals surface area contributed by atoms with Gasteiger partial charge in [0.2, 0.25) is 11.8 Å². The number of rotatable bonds is 5. The highest BCUT2D eigenvalue weighted by Gasteiger charge is 2.28. The number of imide groups is 1. The third-order valence-corrected chi connectivity index (χ3v) is 5.67. The summed E-state index contributed by atoms with van der Waals surface area (Å²) in [5.74, 6) is -1.45. The lowest BCUT2D eigenvalue weighted by Crippen LogP contribution is -2.31. The maximum absolute atomic E-state index is 13.8. The van der Waals surface area contributed by atoms with Gasteiger partial charge in [0.15, 0.2) is 0 Å². The molecule has 1 aliphatic heterocycles. The molecule has 0 atom stereocenters. The number of aromatic nitrogens is 1. The lowest BCUT2D eigenvalue weighted by molar-refractivity contribution is -0.138. The molecular formula is C23H19ClFN3O3. The Morgan fingerprint density at radius 3 is 2.61 bits per heavy atom. The molecule has 1 aromatic carbocycles. The van der Waals surface area contributed by atoms with Crippen LogP contribution in [0.25, 0.3) is 16.5 Å². The van der Waals surface area contributed by atoms with Crippen LogP contribution in [0.1, 0.15) is 40.9 Å². The van der Waals surface area contributed by atoms with Gasteiger partial charge in [-0.3, -0.25) is 19.3 Å². The van der Waals surface area contributed by atoms with Gasteiger partial charge in [-0.25, -0.2) is 9.37 Å². The molecule has 2 heterocycles. The van der Waals surface area contributed by atoms with Crippen LogP contribution in [0.15, 0.2) is 53.4 Å². The number of pyridine rings is 1. The van der Waals surface area contributed by atoms with Crippen molar-refractivity contribution in [2.24, 2.45) is 5.73 Å². The largest absolute Gasteiger partial charge is 0.364 e. The summed E-state index contributed by atoms with van der Waals surface area (Å²) < 4.78 is 13.8. The number of primary amides is 1. The lowest BCUT2D eigenvalue weighted by atomic mass is 9.97. The van der Waals surface area contributed by atoms with Gasteiger partial charge in [-0.15, -0.1) is 0 Å². The number of halogens is 2. The van der Waals surface area contributed by atoms with Crippen LogP contribution in [0.5, 0.6) is 0 Å². The summed E-state index contributed by atoms with van der Waals surface area (Å²) in [7, 11) is 0. The van der Waals surface area contributed by atoms with Gasteiger partial charge in [0.25, 0.3) is 5.91 Å². The van der Waals surface area contributed by atoms with Gasteiger partial charge in [0, 0.05) is 24.8 Å². The fourth-order valence-electron chi connectivity index (χ4n) is 3.77. The number of hydrogen-bond acceptors (Lipinski definition) is 4. The van der Waals surface area contributed by atoms with Gasteiger partial charge < -0.3 is 5.73 Å². The number of carbonyl (C=O) groups excluding carboxylic acids is 3. The highest BCUT2D eigenvalue weighted by atomic mass is 35.5. The Morgan fingerprint density at radius 1 is 1.16 bits per heavy atom. The first-order chi connectivity index (χ1) is 14.8. The average Bonchev–Trinajstić information content (AvgIpc) is 2.95. The molecule has 0 radical (unpaired) electrons. The minimum atomic E-state index is -0.694. The molecule has 0 saturated carbocycles. The third kappa shape index (κ3) is 4.27. The topological polar surface area (TPSA) is 93.4 Å². The zero-order valence-electron chi connectivity index (χ0n) is 16.5. The highest BCUT2D eigenvalue weighted by Crippen LogP contribution is 2.35. The normalized spacial score (nSPS) is 16.8. The third-order valence-electron chi connectivity index (χ3n) is 5.35. The summed E-state index contributed by atoms with van der Waals surface area (Å²) in [6, 6.07) is 7.06. The molecule has 2 N–H and O–H groups in total. The van der Waals surface area contributed by atoms with E-state index in [4.69, 9.17) is 17.3 Å². The first kappa shape index (κ1) is 20.9. The van der Waals surface area contributed by atoms with Crippen molar-refractivity contribution in [3.63, 3.8) is 0 Å². The summed E-state index contributed by atoms with van der Waals surface area (Å²) in [5, 5.41) is 0.937. The van der Waals surface area contributed by atoms with E-state index in [1.54, 1.807) is 18.2 Å². The number of likely N-dealkylation sites (tertiary alicyclic amines) is 1. The van der Waals surface area contributed by atoms with Crippen LogP contribution in [0.2, 0.25) is 0 Å². The second-order valence-electron chi connectivity index (χ2n) is 7.39. The maximum Gasteiger partial charge on any atom is 0.267 e. The molecule has 2 aromatic rings. The van der Waals surface area contributed by atoms with E-state index in [1.165, 1.54) is 17.1 Å². The molecule has 158 valence electrons. The first-order valence-electron chi connectivity index (χ1n) is 9.84. The number of fused-ring (bicyclic) bond motifs is 1. The Bertz CT molecular complexity index is 1200. The van der Waals surface area contributed by atoms with Crippen molar-refractivity contribution in [2.45, 2.75) is 25.7 Å². The summed E-state index contributed by atoms with van der Waals surface area (Å²) in [4.78, 5) is 41.2. The Kier molecular flexibility index (Phi) is 5.69. The second-order valence-corrected chi connectivity index (χ2v) is 7.80. The Balaban J connectivity index is 1.73. The summed E-state index contributed by atoms with van der Waals surface area (Å²) >= 11 is 6.34. The minimum Gasteiger partial charge on any atom is -0.364 e. The second kappa shape index (κ2) is 8.43. The van der Waals surface area contributed by atoms with Crippen molar-refractivity contribution in [3.8, 4) is 0 Å². The van der Waals surface area contributed by atoms with Crippen molar-refractivity contribution < 1.29 is 18.8 Å². The predicted molar refractivity (Wildman–Crippen MR) is 116 cm³/mol. The van der Waals surface area contributed by atoms with Crippen LogP contribution in [0.4, 0.5) is 4.39 Å². The summed E-state index contributed by atoms with van der Waals surface area (Å²) in [6.07, 6.45) is 5.74. The van der Waals surface area contributed by atoms with Crippen LogP contribution in [-0.2, 0) is 16.0 Å². The van der Waals surface area contributed by atoms with Crippen LogP contribution < -0.4 is 5.73 Å². The maximum atomic E-state index is 13.8. The SMILES string of the molecule is NC(=O)c1cc(C2=CCC=C(F)C=C2Cl)c2ccc(CCN3C(=O)CCC3=O)cc2n1. The zero-order chi connectivity index (χ0) is 22.1. The van der Waals surface area contributed by atoms with E-state index in [-0.39, 0.29) is 41.9 Å². The monoisotopic (exact) mass is 439 g/mol. The Hall–Kier alpha value is -3.32. The Labute approximate surface area is 182 Å². The molecule has 1 fully saturated rings. The van der Waals surface area contributed by atoms with Gasteiger partial charge in [0.1, 0.15) is 11.5 Å². The molecule has 31 heavy (non-hydrogen) atoms. The van der Waals surface area contributed by atoms with E-state index >= 15 is 0 Å². The summed E-state index contributed by atoms with van der Waals surface area (Å²) in [6.45, 7) is 0.288. The van der Waals surface area contributed by atoms with E-state index in [9.17, 15) is 18.8 Å². The van der Waals surface area contributed by atoms with Gasteiger partial charge in [0.05, 0.1) is 10.5 Å². The fourth-order valence-corrected chi connectivity index (χ4v) is 4.06. The van der Waals surface area contributed by atoms with Crippen molar-refractivity contribution in [2.75, 3.05) is 6.54 Å². The van der Waals surface area contributed by atoms with Gasteiger partial charge in [-0.05, 0) is 53.8 Å². The molecule has 1 aromatic heterocycles. The number of nitrogens with zero attached hydrogens (tertiary/aromatic N) is 2. The molecular weight excluding hydrogens is 421 g/mol. The van der Waals surface area contributed by atoms with Crippen molar-refractivity contribution in [3.05, 3.63) is 70.2 Å². The smallest absolute Gasteiger partial charge is 0.267 e. The standard InChI is InChI=1S/C23H19ClFN3O3/c24-18-11-14(25)2-1-3-15(18)17-12-20(23(26)31)27-19-10-13(4-5-16(17)19)8-9-28-21(29)6-7-22(28)30/h2-5,10-12H,1,6-9H2,(H2,26,31). The van der Waals surface area contributed by atoms with Crippen molar-refractivity contribution >= 4 is 45.8 Å². The van der Waals surface area contributed by atoms with Gasteiger partial charge in [-0.1, -0.05) is 29.8 Å². The molecule has 0 bridgehead atoms. The molecule has 1 saturated heterocycles. The molecule has 8 heteroatoms. The number of benzene rings is 1. The Morgan fingerprint density at radius 2 is 1.90 bits per heavy atom. The van der Waals surface area contributed by atoms with Gasteiger partial charge >= 0.3 is 0 Å². The first-order valence-corrected chi connectivity index (χ1v) is 10.2. The van der Waals surface area contributed by atoms with E-state index < -0.39 is 11.7 Å². The molecule has 0 spiro atoms. The number of hydrogen-bond donors (Lipinski definition) is 1. The number of amides is 3. The quantitative estimate of drug-likeness (QED) is 0.717. The summed E-state index contributed by atoms with van der Waals surface area (Å²) in [5.41, 5.74) is 8.12. The fraction of sp³-hybridized carbons (Fsp3) is 0.217. The minimum absolute atomic E-state index is 0.0626. The van der Waals surface area contributed by atoms with Crippen LogP contribution in [0, 0.1) is 0 Å². The van der Waals surface area contributed by atoms with E-state index in [0.29, 0.717) is 29.5 Å². The molecule has 0 unspecified atom stereocenters. The predicted octanol–water partition coefficient (Wildman–Crippen LogP) is 3.79. The average molecular weight is 440 g/mol. The van der Waals surface area contributed by atoms with Crippen LogP contribution >= 0.6 is 11.6 Å². The highest BCUT2D eigenvalue weighted by molar-refractivity contribution is 6.37. The molecule has 1 aliphatic carbocycles. The van der Waals surface area contributed by atoms with Crippen LogP contribution in [-0.4, -0.2) is 34.2 Å².